The van der Waals surface area contributed by atoms with Crippen LogP contribution in [-0.4, -0.2) is 41.3 Å². The van der Waals surface area contributed by atoms with Crippen LogP contribution in [0.2, 0.25) is 0 Å². The average molecular weight is 363 g/mol. The summed E-state index contributed by atoms with van der Waals surface area (Å²) in [6.07, 6.45) is 0. The summed E-state index contributed by atoms with van der Waals surface area (Å²) in [6.45, 7) is 2.69. The molecule has 27 heavy (non-hydrogen) atoms. The first-order valence-corrected chi connectivity index (χ1v) is 8.97. The number of hydrogen-bond acceptors (Lipinski definition) is 4. The number of aromatic nitrogens is 3. The number of carbonyl (C=O) groups is 1. The normalized spacial score (nSPS) is 11.9. The fourth-order valence-electron chi connectivity index (χ4n) is 2.93. The zero-order valence-corrected chi connectivity index (χ0v) is 16.2. The molecule has 140 valence electrons. The van der Waals surface area contributed by atoms with E-state index in [1.54, 1.807) is 4.68 Å². The Bertz CT molecular complexity index is 917. The maximum Gasteiger partial charge on any atom is 0.251 e. The van der Waals surface area contributed by atoms with Crippen molar-refractivity contribution in [3.63, 3.8) is 0 Å². The molecule has 0 saturated heterocycles. The Balaban J connectivity index is 1.71. The SMILES string of the molecule is CC(CNC(=O)c1cccc(-c2nc(N(C)C)n(C)n2)c1)c1ccccc1. The van der Waals surface area contributed by atoms with E-state index in [-0.39, 0.29) is 11.8 Å². The summed E-state index contributed by atoms with van der Waals surface area (Å²) < 4.78 is 1.73. The van der Waals surface area contributed by atoms with Gasteiger partial charge >= 0.3 is 0 Å². The largest absolute Gasteiger partial charge is 0.351 e. The summed E-state index contributed by atoms with van der Waals surface area (Å²) in [5, 5.41) is 7.47. The van der Waals surface area contributed by atoms with Crippen LogP contribution in [0, 0.1) is 0 Å². The van der Waals surface area contributed by atoms with Crippen molar-refractivity contribution >= 4 is 11.9 Å². The van der Waals surface area contributed by atoms with Gasteiger partial charge in [-0.25, -0.2) is 4.68 Å². The van der Waals surface area contributed by atoms with E-state index in [0.29, 0.717) is 17.9 Å². The molecule has 6 heteroatoms. The van der Waals surface area contributed by atoms with Crippen LogP contribution in [0.3, 0.4) is 0 Å². The molecule has 1 atom stereocenters. The number of anilines is 1. The van der Waals surface area contributed by atoms with Crippen LogP contribution in [0.1, 0.15) is 28.8 Å². The van der Waals surface area contributed by atoms with Crippen LogP contribution in [0.15, 0.2) is 54.6 Å². The lowest BCUT2D eigenvalue weighted by atomic mass is 10.0. The number of hydrogen-bond donors (Lipinski definition) is 1. The van der Waals surface area contributed by atoms with Crippen LogP contribution >= 0.6 is 0 Å². The first-order chi connectivity index (χ1) is 13.0. The average Bonchev–Trinajstić information content (AvgIpc) is 3.08. The molecular weight excluding hydrogens is 338 g/mol. The van der Waals surface area contributed by atoms with Crippen LogP contribution < -0.4 is 10.2 Å². The van der Waals surface area contributed by atoms with E-state index in [1.165, 1.54) is 5.56 Å². The van der Waals surface area contributed by atoms with E-state index in [0.717, 1.165) is 11.5 Å². The standard InChI is InChI=1S/C21H25N5O/c1-15(16-9-6-5-7-10-16)14-22-20(27)18-12-8-11-17(13-18)19-23-21(25(2)3)26(4)24-19/h5-13,15H,14H2,1-4H3,(H,22,27). The summed E-state index contributed by atoms with van der Waals surface area (Å²) in [6, 6.07) is 17.6. The Morgan fingerprint density at radius 1 is 1.15 bits per heavy atom. The van der Waals surface area contributed by atoms with E-state index in [9.17, 15) is 4.79 Å². The quantitative estimate of drug-likeness (QED) is 0.731. The predicted molar refractivity (Wildman–Crippen MR) is 108 cm³/mol. The first-order valence-electron chi connectivity index (χ1n) is 8.97. The van der Waals surface area contributed by atoms with Gasteiger partial charge in [0.2, 0.25) is 5.95 Å². The molecule has 1 N–H and O–H groups in total. The molecule has 0 spiro atoms. The van der Waals surface area contributed by atoms with Gasteiger partial charge in [-0.1, -0.05) is 49.4 Å². The number of rotatable bonds is 6. The van der Waals surface area contributed by atoms with Gasteiger partial charge in [-0.3, -0.25) is 4.79 Å². The summed E-state index contributed by atoms with van der Waals surface area (Å²) in [5.74, 6) is 1.52. The molecule has 6 nitrogen and oxygen atoms in total. The summed E-state index contributed by atoms with van der Waals surface area (Å²) >= 11 is 0. The molecule has 1 aromatic heterocycles. The number of nitrogens with zero attached hydrogens (tertiary/aromatic N) is 4. The van der Waals surface area contributed by atoms with Crippen molar-refractivity contribution < 1.29 is 4.79 Å². The summed E-state index contributed by atoms with van der Waals surface area (Å²) in [7, 11) is 5.70. The number of carbonyl (C=O) groups excluding carboxylic acids is 1. The lowest BCUT2D eigenvalue weighted by Crippen LogP contribution is -2.27. The van der Waals surface area contributed by atoms with Crippen molar-refractivity contribution in [3.05, 3.63) is 65.7 Å². The van der Waals surface area contributed by atoms with Gasteiger partial charge in [0, 0.05) is 38.8 Å². The molecule has 0 aliphatic carbocycles. The zero-order valence-electron chi connectivity index (χ0n) is 16.2. The Labute approximate surface area is 159 Å². The minimum Gasteiger partial charge on any atom is -0.351 e. The molecule has 0 aliphatic rings. The molecule has 0 bridgehead atoms. The first kappa shape index (κ1) is 18.6. The van der Waals surface area contributed by atoms with Crippen LogP contribution in [0.25, 0.3) is 11.4 Å². The van der Waals surface area contributed by atoms with Crippen molar-refractivity contribution in [2.45, 2.75) is 12.8 Å². The summed E-state index contributed by atoms with van der Waals surface area (Å²) in [4.78, 5) is 19.0. The van der Waals surface area contributed by atoms with Crippen LogP contribution in [0.5, 0.6) is 0 Å². The molecule has 0 radical (unpaired) electrons. The van der Waals surface area contributed by atoms with Crippen molar-refractivity contribution in [1.82, 2.24) is 20.1 Å². The van der Waals surface area contributed by atoms with Gasteiger partial charge in [-0.05, 0) is 23.6 Å². The molecule has 1 heterocycles. The lowest BCUT2D eigenvalue weighted by Gasteiger charge is -2.13. The van der Waals surface area contributed by atoms with Gasteiger partial charge in [0.05, 0.1) is 0 Å². The van der Waals surface area contributed by atoms with Gasteiger partial charge in [-0.15, -0.1) is 5.10 Å². The number of aryl methyl sites for hydroxylation is 1. The fraction of sp³-hybridized carbons (Fsp3) is 0.286. The fourth-order valence-corrected chi connectivity index (χ4v) is 2.93. The third kappa shape index (κ3) is 4.34. The molecule has 0 aliphatic heterocycles. The Morgan fingerprint density at radius 3 is 2.56 bits per heavy atom. The zero-order chi connectivity index (χ0) is 19.4. The van der Waals surface area contributed by atoms with Crippen molar-refractivity contribution in [3.8, 4) is 11.4 Å². The van der Waals surface area contributed by atoms with Crippen molar-refractivity contribution in [1.29, 1.82) is 0 Å². The molecule has 3 rings (SSSR count). The Hall–Kier alpha value is -3.15. The Kier molecular flexibility index (Phi) is 5.54. The minimum absolute atomic E-state index is 0.0941. The van der Waals surface area contributed by atoms with E-state index in [2.05, 4.69) is 34.5 Å². The predicted octanol–water partition coefficient (Wildman–Crippen LogP) is 3.08. The molecule has 0 saturated carbocycles. The van der Waals surface area contributed by atoms with Crippen LogP contribution in [0.4, 0.5) is 5.95 Å². The number of benzene rings is 2. The third-order valence-electron chi connectivity index (χ3n) is 4.46. The van der Waals surface area contributed by atoms with Gasteiger partial charge < -0.3 is 10.2 Å². The summed E-state index contributed by atoms with van der Waals surface area (Å²) in [5.41, 5.74) is 2.63. The van der Waals surface area contributed by atoms with Gasteiger partial charge in [0.15, 0.2) is 5.82 Å². The van der Waals surface area contributed by atoms with Gasteiger partial charge in [0.1, 0.15) is 0 Å². The topological polar surface area (TPSA) is 63.1 Å². The maximum atomic E-state index is 12.6. The van der Waals surface area contributed by atoms with E-state index < -0.39 is 0 Å². The van der Waals surface area contributed by atoms with Gasteiger partial charge in [0.25, 0.3) is 5.91 Å². The second-order valence-corrected chi connectivity index (χ2v) is 6.86. The highest BCUT2D eigenvalue weighted by atomic mass is 16.1. The van der Waals surface area contributed by atoms with Crippen LogP contribution in [-0.2, 0) is 7.05 Å². The van der Waals surface area contributed by atoms with Gasteiger partial charge in [-0.2, -0.15) is 4.98 Å². The molecule has 1 unspecified atom stereocenters. The highest BCUT2D eigenvalue weighted by molar-refractivity contribution is 5.95. The van der Waals surface area contributed by atoms with E-state index in [1.807, 2.05) is 68.5 Å². The third-order valence-corrected chi connectivity index (χ3v) is 4.46. The molecule has 3 aromatic rings. The lowest BCUT2D eigenvalue weighted by molar-refractivity contribution is 0.0951. The molecular formula is C21H25N5O. The van der Waals surface area contributed by atoms with Crippen molar-refractivity contribution in [2.24, 2.45) is 7.05 Å². The monoisotopic (exact) mass is 363 g/mol. The maximum absolute atomic E-state index is 12.6. The smallest absolute Gasteiger partial charge is 0.251 e. The van der Waals surface area contributed by atoms with E-state index in [4.69, 9.17) is 0 Å². The number of amides is 1. The molecule has 2 aromatic carbocycles. The Morgan fingerprint density at radius 2 is 1.89 bits per heavy atom. The highest BCUT2D eigenvalue weighted by Gasteiger charge is 2.14. The highest BCUT2D eigenvalue weighted by Crippen LogP contribution is 2.20. The molecule has 1 amide bonds. The second-order valence-electron chi connectivity index (χ2n) is 6.86. The van der Waals surface area contributed by atoms with Crippen molar-refractivity contribution in [2.75, 3.05) is 25.5 Å². The van der Waals surface area contributed by atoms with E-state index >= 15 is 0 Å². The minimum atomic E-state index is -0.0941. The second kappa shape index (κ2) is 8.03. The number of nitrogens with one attached hydrogen (secondary N) is 1. The molecule has 0 fully saturated rings.